The standard InChI is InChI=1S/C25H29FN4O4/c1-3-13-27-22(31)10-6-7-14-29-24(33)19-8-4-5-9-21(19)30(25(29)34)16-23(32)28-18-12-11-17(2)20(26)15-18/h4-5,8-9,11-12,15H,3,6-7,10,13-14,16H2,1-2H3,(H,27,31)(H,28,32). The van der Waals surface area contributed by atoms with Crippen molar-refractivity contribution in [2.45, 2.75) is 52.6 Å². The molecule has 0 aliphatic heterocycles. The van der Waals surface area contributed by atoms with E-state index >= 15 is 0 Å². The number of aromatic nitrogens is 2. The molecule has 1 aromatic heterocycles. The van der Waals surface area contributed by atoms with E-state index in [0.29, 0.717) is 42.3 Å². The molecule has 2 aromatic carbocycles. The van der Waals surface area contributed by atoms with Gasteiger partial charge in [0, 0.05) is 25.2 Å². The summed E-state index contributed by atoms with van der Waals surface area (Å²) in [5, 5.41) is 5.71. The lowest BCUT2D eigenvalue weighted by Gasteiger charge is -2.14. The molecule has 0 aliphatic carbocycles. The highest BCUT2D eigenvalue weighted by Gasteiger charge is 2.16. The molecule has 180 valence electrons. The molecule has 9 heteroatoms. The van der Waals surface area contributed by atoms with Crippen molar-refractivity contribution < 1.29 is 14.0 Å². The molecule has 3 rings (SSSR count). The van der Waals surface area contributed by atoms with E-state index in [1.807, 2.05) is 6.92 Å². The summed E-state index contributed by atoms with van der Waals surface area (Å²) in [6.45, 7) is 4.00. The number of nitrogens with zero attached hydrogens (tertiary/aromatic N) is 2. The Morgan fingerprint density at radius 2 is 1.76 bits per heavy atom. The minimum atomic E-state index is -0.607. The van der Waals surface area contributed by atoms with E-state index < -0.39 is 23.0 Å². The quantitative estimate of drug-likeness (QED) is 0.447. The van der Waals surface area contributed by atoms with Crippen molar-refractivity contribution in [2.24, 2.45) is 0 Å². The number of hydrogen-bond donors (Lipinski definition) is 2. The predicted molar refractivity (Wildman–Crippen MR) is 129 cm³/mol. The van der Waals surface area contributed by atoms with Gasteiger partial charge in [0.2, 0.25) is 11.8 Å². The molecule has 34 heavy (non-hydrogen) atoms. The second-order valence-electron chi connectivity index (χ2n) is 8.16. The lowest BCUT2D eigenvalue weighted by Crippen LogP contribution is -2.41. The van der Waals surface area contributed by atoms with Gasteiger partial charge in [-0.3, -0.25) is 23.5 Å². The first-order valence-electron chi connectivity index (χ1n) is 11.4. The van der Waals surface area contributed by atoms with Gasteiger partial charge in [0.15, 0.2) is 0 Å². The van der Waals surface area contributed by atoms with Gasteiger partial charge in [0.05, 0.1) is 10.9 Å². The number of benzene rings is 2. The average molecular weight is 469 g/mol. The van der Waals surface area contributed by atoms with Crippen molar-refractivity contribution in [2.75, 3.05) is 11.9 Å². The van der Waals surface area contributed by atoms with Crippen LogP contribution in [0.15, 0.2) is 52.1 Å². The first-order chi connectivity index (χ1) is 16.3. The van der Waals surface area contributed by atoms with E-state index in [4.69, 9.17) is 0 Å². The Hall–Kier alpha value is -3.75. The Morgan fingerprint density at radius 3 is 2.50 bits per heavy atom. The van der Waals surface area contributed by atoms with Crippen molar-refractivity contribution in [3.05, 3.63) is 74.7 Å². The fourth-order valence-electron chi connectivity index (χ4n) is 3.64. The van der Waals surface area contributed by atoms with Crippen molar-refractivity contribution >= 4 is 28.4 Å². The van der Waals surface area contributed by atoms with E-state index in [1.54, 1.807) is 43.3 Å². The van der Waals surface area contributed by atoms with Gasteiger partial charge >= 0.3 is 5.69 Å². The first kappa shape index (κ1) is 24.9. The second kappa shape index (κ2) is 11.4. The fourth-order valence-corrected chi connectivity index (χ4v) is 3.64. The molecule has 0 spiro atoms. The number of para-hydroxylation sites is 1. The normalized spacial score (nSPS) is 10.9. The van der Waals surface area contributed by atoms with E-state index in [1.165, 1.54) is 10.6 Å². The number of amides is 2. The van der Waals surface area contributed by atoms with Crippen LogP contribution in [0.5, 0.6) is 0 Å². The molecule has 0 saturated heterocycles. The van der Waals surface area contributed by atoms with Crippen LogP contribution in [0.25, 0.3) is 10.9 Å². The van der Waals surface area contributed by atoms with Crippen molar-refractivity contribution in [1.82, 2.24) is 14.5 Å². The summed E-state index contributed by atoms with van der Waals surface area (Å²) in [7, 11) is 0. The number of hydrogen-bond acceptors (Lipinski definition) is 4. The summed E-state index contributed by atoms with van der Waals surface area (Å²) >= 11 is 0. The smallest absolute Gasteiger partial charge is 0.331 e. The first-order valence-corrected chi connectivity index (χ1v) is 11.4. The minimum Gasteiger partial charge on any atom is -0.356 e. The maximum absolute atomic E-state index is 13.8. The zero-order valence-electron chi connectivity index (χ0n) is 19.4. The van der Waals surface area contributed by atoms with Crippen LogP contribution < -0.4 is 21.9 Å². The Labute approximate surface area is 196 Å². The Kier molecular flexibility index (Phi) is 8.34. The summed E-state index contributed by atoms with van der Waals surface area (Å²) < 4.78 is 16.2. The molecule has 0 unspecified atom stereocenters. The van der Waals surface area contributed by atoms with Gasteiger partial charge in [-0.05, 0) is 56.0 Å². The molecule has 2 N–H and O–H groups in total. The molecule has 2 amide bonds. The third-order valence-corrected chi connectivity index (χ3v) is 5.50. The number of aryl methyl sites for hydroxylation is 1. The van der Waals surface area contributed by atoms with Gasteiger partial charge in [0.1, 0.15) is 12.4 Å². The molecule has 0 fully saturated rings. The van der Waals surface area contributed by atoms with Gasteiger partial charge in [-0.15, -0.1) is 0 Å². The number of nitrogens with one attached hydrogen (secondary N) is 2. The van der Waals surface area contributed by atoms with Gasteiger partial charge in [-0.1, -0.05) is 25.1 Å². The molecule has 0 bridgehead atoms. The van der Waals surface area contributed by atoms with Crippen molar-refractivity contribution in [3.8, 4) is 0 Å². The van der Waals surface area contributed by atoms with Crippen LogP contribution in [-0.4, -0.2) is 27.5 Å². The van der Waals surface area contributed by atoms with E-state index in [9.17, 15) is 23.6 Å². The number of halogens is 1. The van der Waals surface area contributed by atoms with Crippen LogP contribution >= 0.6 is 0 Å². The van der Waals surface area contributed by atoms with Crippen LogP contribution in [-0.2, 0) is 22.7 Å². The maximum atomic E-state index is 13.8. The molecule has 0 radical (unpaired) electrons. The summed E-state index contributed by atoms with van der Waals surface area (Å²) in [5.74, 6) is -1.03. The second-order valence-corrected chi connectivity index (χ2v) is 8.16. The molecule has 8 nitrogen and oxygen atoms in total. The van der Waals surface area contributed by atoms with E-state index in [-0.39, 0.29) is 24.7 Å². The Morgan fingerprint density at radius 1 is 1.00 bits per heavy atom. The highest BCUT2D eigenvalue weighted by atomic mass is 19.1. The van der Waals surface area contributed by atoms with Gasteiger partial charge in [-0.2, -0.15) is 0 Å². The minimum absolute atomic E-state index is 0.0608. The zero-order chi connectivity index (χ0) is 24.7. The number of unbranched alkanes of at least 4 members (excludes halogenated alkanes) is 1. The molecular formula is C25H29FN4O4. The van der Waals surface area contributed by atoms with Crippen molar-refractivity contribution in [1.29, 1.82) is 0 Å². The van der Waals surface area contributed by atoms with Gasteiger partial charge in [0.25, 0.3) is 5.56 Å². The highest BCUT2D eigenvalue weighted by molar-refractivity contribution is 5.91. The number of carbonyl (C=O) groups is 2. The summed E-state index contributed by atoms with van der Waals surface area (Å²) in [6, 6.07) is 10.9. The summed E-state index contributed by atoms with van der Waals surface area (Å²) in [6.07, 6.45) is 2.14. The number of carbonyl (C=O) groups excluding carboxylic acids is 2. The lowest BCUT2D eigenvalue weighted by atomic mass is 10.2. The topological polar surface area (TPSA) is 102 Å². The monoisotopic (exact) mass is 468 g/mol. The van der Waals surface area contributed by atoms with Gasteiger partial charge in [-0.25, -0.2) is 9.18 Å². The predicted octanol–water partition coefficient (Wildman–Crippen LogP) is 2.95. The molecule has 1 heterocycles. The third-order valence-electron chi connectivity index (χ3n) is 5.50. The molecule has 0 aliphatic rings. The van der Waals surface area contributed by atoms with Crippen LogP contribution in [0, 0.1) is 12.7 Å². The summed E-state index contributed by atoms with van der Waals surface area (Å²) in [4.78, 5) is 50.6. The number of anilines is 1. The molecule has 3 aromatic rings. The van der Waals surface area contributed by atoms with Crippen LogP contribution in [0.4, 0.5) is 10.1 Å². The summed E-state index contributed by atoms with van der Waals surface area (Å²) in [5.41, 5.74) is 0.0332. The zero-order valence-corrected chi connectivity index (χ0v) is 19.4. The fraction of sp³-hybridized carbons (Fsp3) is 0.360. The van der Waals surface area contributed by atoms with E-state index in [2.05, 4.69) is 10.6 Å². The SMILES string of the molecule is CCCNC(=O)CCCCn1c(=O)c2ccccc2n(CC(=O)Nc2ccc(C)c(F)c2)c1=O. The maximum Gasteiger partial charge on any atom is 0.331 e. The third kappa shape index (κ3) is 5.98. The van der Waals surface area contributed by atoms with Gasteiger partial charge < -0.3 is 10.6 Å². The van der Waals surface area contributed by atoms with Crippen molar-refractivity contribution in [3.63, 3.8) is 0 Å². The number of rotatable bonds is 10. The lowest BCUT2D eigenvalue weighted by molar-refractivity contribution is -0.121. The Bertz CT molecular complexity index is 1310. The Balaban J connectivity index is 1.81. The largest absolute Gasteiger partial charge is 0.356 e. The van der Waals surface area contributed by atoms with Crippen LogP contribution in [0.3, 0.4) is 0 Å². The van der Waals surface area contributed by atoms with Crippen LogP contribution in [0.1, 0.15) is 38.2 Å². The molecule has 0 saturated carbocycles. The van der Waals surface area contributed by atoms with E-state index in [0.717, 1.165) is 11.0 Å². The molecule has 0 atom stereocenters. The average Bonchev–Trinajstić information content (AvgIpc) is 2.82. The highest BCUT2D eigenvalue weighted by Crippen LogP contribution is 2.14. The molecular weight excluding hydrogens is 439 g/mol. The number of fused-ring (bicyclic) bond motifs is 1. The van der Waals surface area contributed by atoms with Crippen LogP contribution in [0.2, 0.25) is 0 Å².